The molecule has 0 aliphatic carbocycles. The van der Waals surface area contributed by atoms with E-state index in [2.05, 4.69) is 19.9 Å². The highest BCUT2D eigenvalue weighted by Gasteiger charge is 2.24. The molecule has 0 saturated heterocycles. The third kappa shape index (κ3) is 5.26. The summed E-state index contributed by atoms with van der Waals surface area (Å²) in [4.78, 5) is 12.9. The third-order valence-electron chi connectivity index (χ3n) is 4.57. The van der Waals surface area contributed by atoms with Gasteiger partial charge in [-0.2, -0.15) is 0 Å². The minimum absolute atomic E-state index is 0.0668. The van der Waals surface area contributed by atoms with Crippen molar-refractivity contribution in [2.24, 2.45) is 0 Å². The lowest BCUT2D eigenvalue weighted by molar-refractivity contribution is 0.103. The molecule has 0 heterocycles. The zero-order valence-corrected chi connectivity index (χ0v) is 17.0. The Morgan fingerprint density at radius 2 is 1.75 bits per heavy atom. The molecule has 2 rings (SSSR count). The van der Waals surface area contributed by atoms with Gasteiger partial charge in [0.1, 0.15) is 22.8 Å². The van der Waals surface area contributed by atoms with E-state index < -0.39 is 0 Å². The minimum Gasteiger partial charge on any atom is -0.507 e. The van der Waals surface area contributed by atoms with Crippen LogP contribution in [0, 0.1) is 0 Å². The zero-order valence-electron chi connectivity index (χ0n) is 17.0. The number of rotatable bonds is 8. The molecule has 2 aromatic carbocycles. The quantitative estimate of drug-likeness (QED) is 0.464. The van der Waals surface area contributed by atoms with Crippen LogP contribution in [0.15, 0.2) is 59.7 Å². The van der Waals surface area contributed by atoms with Crippen LogP contribution >= 0.6 is 0 Å². The average Bonchev–Trinajstić information content (AvgIpc) is 2.67. The number of phenolic OH excluding ortho intramolecular Hbond substituents is 2. The van der Waals surface area contributed by atoms with Crippen LogP contribution in [0.25, 0.3) is 0 Å². The summed E-state index contributed by atoms with van der Waals surface area (Å²) in [7, 11) is 1.41. The zero-order chi connectivity index (χ0) is 20.7. The smallest absolute Gasteiger partial charge is 0.200 e. The van der Waals surface area contributed by atoms with Crippen LogP contribution in [-0.2, 0) is 6.42 Å². The minimum atomic E-state index is -0.347. The van der Waals surface area contributed by atoms with Gasteiger partial charge in [0, 0.05) is 17.2 Å². The number of ketones is 1. The number of ether oxygens (including phenoxy) is 1. The number of hydrogen-bond donors (Lipinski definition) is 2. The first-order valence-corrected chi connectivity index (χ1v) is 9.35. The fraction of sp³-hybridized carbons (Fsp3) is 0.292. The molecule has 0 fully saturated rings. The average molecular weight is 380 g/mol. The maximum Gasteiger partial charge on any atom is 0.200 e. The Labute approximate surface area is 166 Å². The number of benzene rings is 2. The summed E-state index contributed by atoms with van der Waals surface area (Å²) in [5, 5.41) is 21.1. The van der Waals surface area contributed by atoms with E-state index in [1.807, 2.05) is 19.1 Å². The molecule has 0 atom stereocenters. The lowest BCUT2D eigenvalue weighted by Gasteiger charge is -2.15. The Hall–Kier alpha value is -3.01. The van der Waals surface area contributed by atoms with E-state index >= 15 is 0 Å². The van der Waals surface area contributed by atoms with E-state index in [1.54, 1.807) is 24.3 Å². The molecule has 2 N–H and O–H groups in total. The van der Waals surface area contributed by atoms with E-state index in [0.29, 0.717) is 17.5 Å². The molecule has 28 heavy (non-hydrogen) atoms. The molecule has 0 radical (unpaired) electrons. The molecule has 0 aliphatic heterocycles. The summed E-state index contributed by atoms with van der Waals surface area (Å²) in [5.41, 5.74) is 3.27. The van der Waals surface area contributed by atoms with Crippen LogP contribution in [0.4, 0.5) is 0 Å². The largest absolute Gasteiger partial charge is 0.507 e. The number of aromatic hydroxyl groups is 2. The number of allylic oxidation sites excluding steroid dienone is 4. The second-order valence-corrected chi connectivity index (χ2v) is 7.07. The number of carbonyl (C=O) groups is 1. The van der Waals surface area contributed by atoms with Gasteiger partial charge in [-0.3, -0.25) is 4.79 Å². The van der Waals surface area contributed by atoms with Crippen molar-refractivity contribution in [2.75, 3.05) is 7.11 Å². The van der Waals surface area contributed by atoms with Gasteiger partial charge in [0.25, 0.3) is 0 Å². The van der Waals surface area contributed by atoms with E-state index in [1.165, 1.54) is 18.7 Å². The van der Waals surface area contributed by atoms with Crippen molar-refractivity contribution in [3.05, 3.63) is 76.4 Å². The van der Waals surface area contributed by atoms with Crippen molar-refractivity contribution in [3.8, 4) is 17.2 Å². The lowest BCUT2D eigenvalue weighted by atomic mass is 9.96. The molecule has 0 bridgehead atoms. The third-order valence-corrected chi connectivity index (χ3v) is 4.57. The Bertz CT molecular complexity index is 889. The molecule has 0 amide bonds. The van der Waals surface area contributed by atoms with Crippen molar-refractivity contribution in [1.82, 2.24) is 0 Å². The molecule has 0 aromatic heterocycles. The number of carbonyl (C=O) groups excluding carboxylic acids is 1. The molecule has 0 saturated carbocycles. The van der Waals surface area contributed by atoms with E-state index in [9.17, 15) is 15.0 Å². The van der Waals surface area contributed by atoms with Crippen LogP contribution in [0.5, 0.6) is 17.2 Å². The van der Waals surface area contributed by atoms with Crippen LogP contribution in [0.3, 0.4) is 0 Å². The number of hydrogen-bond acceptors (Lipinski definition) is 4. The highest BCUT2D eigenvalue weighted by atomic mass is 16.5. The van der Waals surface area contributed by atoms with Gasteiger partial charge in [-0.05, 0) is 40.0 Å². The highest BCUT2D eigenvalue weighted by Crippen LogP contribution is 2.39. The normalized spacial score (nSPS) is 11.2. The fourth-order valence-corrected chi connectivity index (χ4v) is 2.95. The van der Waals surface area contributed by atoms with Gasteiger partial charge < -0.3 is 14.9 Å². The first-order valence-electron chi connectivity index (χ1n) is 9.35. The van der Waals surface area contributed by atoms with Gasteiger partial charge >= 0.3 is 0 Å². The maximum absolute atomic E-state index is 12.9. The van der Waals surface area contributed by atoms with Crippen LogP contribution < -0.4 is 4.74 Å². The monoisotopic (exact) mass is 380 g/mol. The summed E-state index contributed by atoms with van der Waals surface area (Å²) in [6, 6.07) is 10.1. The van der Waals surface area contributed by atoms with E-state index in [0.717, 1.165) is 18.4 Å². The Kier molecular flexibility index (Phi) is 7.44. The van der Waals surface area contributed by atoms with Crippen molar-refractivity contribution < 1.29 is 19.7 Å². The van der Waals surface area contributed by atoms with E-state index in [-0.39, 0.29) is 28.6 Å². The predicted molar refractivity (Wildman–Crippen MR) is 112 cm³/mol. The number of phenols is 2. The van der Waals surface area contributed by atoms with Crippen molar-refractivity contribution in [3.63, 3.8) is 0 Å². The molecular weight excluding hydrogens is 352 g/mol. The Morgan fingerprint density at radius 3 is 2.36 bits per heavy atom. The molecule has 2 aromatic rings. The molecule has 0 aliphatic rings. The lowest BCUT2D eigenvalue weighted by Crippen LogP contribution is -2.06. The molecule has 4 nitrogen and oxygen atoms in total. The molecule has 0 spiro atoms. The van der Waals surface area contributed by atoms with Gasteiger partial charge in [-0.15, -0.1) is 0 Å². The van der Waals surface area contributed by atoms with Gasteiger partial charge in [0.15, 0.2) is 0 Å². The number of methoxy groups -OCH3 is 1. The summed E-state index contributed by atoms with van der Waals surface area (Å²) in [6.07, 6.45) is 6.33. The van der Waals surface area contributed by atoms with E-state index in [4.69, 9.17) is 4.74 Å². The standard InChI is InChI=1S/C24H28O4/c1-16(2)9-8-10-17(3)13-14-19-20(25)15-21(28-4)22(24(19)27)23(26)18-11-6-5-7-12-18/h5-7,9,11-13,15,25,27H,8,10,14H2,1-4H3/b17-13+. The van der Waals surface area contributed by atoms with Crippen molar-refractivity contribution in [1.29, 1.82) is 0 Å². The Balaban J connectivity index is 2.36. The molecule has 148 valence electrons. The van der Waals surface area contributed by atoms with Crippen LogP contribution in [-0.4, -0.2) is 23.1 Å². The first kappa shape index (κ1) is 21.3. The second-order valence-electron chi connectivity index (χ2n) is 7.07. The summed E-state index contributed by atoms with van der Waals surface area (Å²) < 4.78 is 5.24. The SMILES string of the molecule is COc1cc(O)c(C/C=C(\C)CCC=C(C)C)c(O)c1C(=O)c1ccccc1. The first-order chi connectivity index (χ1) is 13.3. The fourth-order valence-electron chi connectivity index (χ4n) is 2.95. The summed E-state index contributed by atoms with van der Waals surface area (Å²) in [5.74, 6) is -0.524. The second kappa shape index (κ2) is 9.79. The topological polar surface area (TPSA) is 66.8 Å². The van der Waals surface area contributed by atoms with Crippen LogP contribution in [0.1, 0.15) is 55.1 Å². The van der Waals surface area contributed by atoms with Gasteiger partial charge in [-0.25, -0.2) is 0 Å². The van der Waals surface area contributed by atoms with Gasteiger partial charge in [-0.1, -0.05) is 53.6 Å². The highest BCUT2D eigenvalue weighted by molar-refractivity contribution is 6.12. The van der Waals surface area contributed by atoms with Crippen molar-refractivity contribution >= 4 is 5.78 Å². The maximum atomic E-state index is 12.9. The molecule has 4 heteroatoms. The summed E-state index contributed by atoms with van der Waals surface area (Å²) >= 11 is 0. The Morgan fingerprint density at radius 1 is 1.07 bits per heavy atom. The molecule has 0 unspecified atom stereocenters. The van der Waals surface area contributed by atoms with Crippen molar-refractivity contribution in [2.45, 2.75) is 40.0 Å². The predicted octanol–water partition coefficient (Wildman–Crippen LogP) is 5.57. The summed E-state index contributed by atoms with van der Waals surface area (Å²) in [6.45, 7) is 6.15. The van der Waals surface area contributed by atoms with Gasteiger partial charge in [0.2, 0.25) is 5.78 Å². The molecular formula is C24H28O4. The van der Waals surface area contributed by atoms with Crippen LogP contribution in [0.2, 0.25) is 0 Å². The van der Waals surface area contributed by atoms with Gasteiger partial charge in [0.05, 0.1) is 7.11 Å².